The van der Waals surface area contributed by atoms with Crippen LogP contribution in [0.15, 0.2) is 90.0 Å². The number of carbonyl (C=O) groups excluding carboxylic acids is 2. The van der Waals surface area contributed by atoms with Crippen LogP contribution in [0.3, 0.4) is 0 Å². The van der Waals surface area contributed by atoms with Crippen LogP contribution in [0, 0.1) is 0 Å². The fourth-order valence-corrected chi connectivity index (χ4v) is 3.96. The number of hydrazone groups is 1. The van der Waals surface area contributed by atoms with E-state index in [9.17, 15) is 9.59 Å². The first-order chi connectivity index (χ1) is 17.1. The summed E-state index contributed by atoms with van der Waals surface area (Å²) in [6, 6.07) is 27.2. The van der Waals surface area contributed by atoms with Gasteiger partial charge < -0.3 is 10.2 Å². The van der Waals surface area contributed by atoms with Crippen molar-refractivity contribution >= 4 is 23.7 Å². The zero-order valence-electron chi connectivity index (χ0n) is 20.5. The Morgan fingerprint density at radius 2 is 1.37 bits per heavy atom. The minimum absolute atomic E-state index is 0.158. The van der Waals surface area contributed by atoms with Crippen LogP contribution in [0.1, 0.15) is 49.3 Å². The summed E-state index contributed by atoms with van der Waals surface area (Å²) >= 11 is 0. The van der Waals surface area contributed by atoms with Gasteiger partial charge in [0.25, 0.3) is 5.91 Å². The molecule has 2 amide bonds. The Morgan fingerprint density at radius 1 is 0.829 bits per heavy atom. The Bertz CT molecular complexity index is 1040. The van der Waals surface area contributed by atoms with Crippen molar-refractivity contribution in [1.29, 1.82) is 0 Å². The number of hydrogen-bond acceptors (Lipinski definition) is 4. The summed E-state index contributed by atoms with van der Waals surface area (Å²) in [4.78, 5) is 27.6. The summed E-state index contributed by atoms with van der Waals surface area (Å²) in [5.74, 6) is -1.11. The summed E-state index contributed by atoms with van der Waals surface area (Å²) in [5, 5.41) is 6.78. The number of hydrogen-bond donors (Lipinski definition) is 2. The van der Waals surface area contributed by atoms with E-state index in [-0.39, 0.29) is 18.4 Å². The van der Waals surface area contributed by atoms with Crippen molar-refractivity contribution in [2.75, 3.05) is 24.5 Å². The van der Waals surface area contributed by atoms with Gasteiger partial charge in [0.2, 0.25) is 5.91 Å². The lowest BCUT2D eigenvalue weighted by atomic mass is 9.90. The number of nitrogens with zero attached hydrogens (tertiary/aromatic N) is 2. The topological polar surface area (TPSA) is 73.8 Å². The Kier molecular flexibility index (Phi) is 10.1. The summed E-state index contributed by atoms with van der Waals surface area (Å²) in [6.45, 7) is 6.25. The molecule has 6 nitrogen and oxygen atoms in total. The molecular formula is C29H34N4O2. The quantitative estimate of drug-likeness (QED) is 0.297. The molecule has 0 aliphatic carbocycles. The molecule has 0 unspecified atom stereocenters. The van der Waals surface area contributed by atoms with Crippen molar-refractivity contribution in [3.8, 4) is 0 Å². The maximum absolute atomic E-state index is 13.0. The molecule has 0 spiro atoms. The Hall–Kier alpha value is -3.93. The van der Waals surface area contributed by atoms with E-state index < -0.39 is 5.92 Å². The highest BCUT2D eigenvalue weighted by molar-refractivity contribution is 5.91. The molecule has 3 aromatic rings. The minimum Gasteiger partial charge on any atom is -0.372 e. The first kappa shape index (κ1) is 25.7. The van der Waals surface area contributed by atoms with E-state index in [1.54, 1.807) is 6.21 Å². The van der Waals surface area contributed by atoms with Crippen LogP contribution < -0.4 is 15.6 Å². The second-order valence-electron chi connectivity index (χ2n) is 8.34. The molecule has 0 saturated carbocycles. The summed E-state index contributed by atoms with van der Waals surface area (Å²) < 4.78 is 0. The van der Waals surface area contributed by atoms with E-state index in [1.165, 1.54) is 5.69 Å². The highest BCUT2D eigenvalue weighted by Crippen LogP contribution is 2.24. The highest BCUT2D eigenvalue weighted by atomic mass is 16.2. The van der Waals surface area contributed by atoms with E-state index in [4.69, 9.17) is 0 Å². The van der Waals surface area contributed by atoms with Gasteiger partial charge in [-0.05, 0) is 41.7 Å². The normalized spacial score (nSPS) is 10.9. The zero-order chi connectivity index (χ0) is 24.9. The van der Waals surface area contributed by atoms with Crippen molar-refractivity contribution in [3.63, 3.8) is 0 Å². The predicted molar refractivity (Wildman–Crippen MR) is 143 cm³/mol. The maximum Gasteiger partial charge on any atom is 0.259 e. The second-order valence-corrected chi connectivity index (χ2v) is 8.34. The molecule has 0 saturated heterocycles. The molecule has 3 rings (SSSR count). The van der Waals surface area contributed by atoms with E-state index in [0.29, 0.717) is 0 Å². The predicted octanol–water partition coefficient (Wildman–Crippen LogP) is 4.71. The van der Waals surface area contributed by atoms with Gasteiger partial charge in [0, 0.05) is 18.8 Å². The summed E-state index contributed by atoms with van der Waals surface area (Å²) in [5.41, 5.74) is 6.30. The van der Waals surface area contributed by atoms with Crippen molar-refractivity contribution in [3.05, 3.63) is 102 Å². The lowest BCUT2D eigenvalue weighted by Crippen LogP contribution is -2.37. The van der Waals surface area contributed by atoms with Gasteiger partial charge in [-0.25, -0.2) is 5.43 Å². The number of benzene rings is 3. The smallest absolute Gasteiger partial charge is 0.259 e. The van der Waals surface area contributed by atoms with Crippen LogP contribution in [-0.2, 0) is 9.59 Å². The molecular weight excluding hydrogens is 436 g/mol. The number of anilines is 1. The van der Waals surface area contributed by atoms with E-state index in [1.807, 2.05) is 72.8 Å². The van der Waals surface area contributed by atoms with Crippen LogP contribution in [0.4, 0.5) is 5.69 Å². The molecule has 0 radical (unpaired) electrons. The molecule has 0 heterocycles. The minimum atomic E-state index is -0.493. The van der Waals surface area contributed by atoms with Crippen LogP contribution in [0.25, 0.3) is 0 Å². The summed E-state index contributed by atoms with van der Waals surface area (Å²) in [6.07, 6.45) is 3.80. The number of nitrogens with one attached hydrogen (secondary N) is 2. The number of amides is 2. The molecule has 0 aromatic heterocycles. The largest absolute Gasteiger partial charge is 0.372 e. The number of rotatable bonds is 12. The van der Waals surface area contributed by atoms with Gasteiger partial charge in [-0.15, -0.1) is 0 Å². The van der Waals surface area contributed by atoms with E-state index >= 15 is 0 Å². The third-order valence-corrected chi connectivity index (χ3v) is 5.60. The molecule has 2 N–H and O–H groups in total. The molecule has 0 aliphatic rings. The Morgan fingerprint density at radius 3 is 1.89 bits per heavy atom. The van der Waals surface area contributed by atoms with E-state index in [0.717, 1.165) is 42.6 Å². The van der Waals surface area contributed by atoms with Gasteiger partial charge in [-0.1, -0.05) is 86.6 Å². The molecule has 0 bridgehead atoms. The fraction of sp³-hybridized carbons (Fsp3) is 0.276. The fourth-order valence-electron chi connectivity index (χ4n) is 3.96. The van der Waals surface area contributed by atoms with Crippen molar-refractivity contribution in [2.45, 2.75) is 32.6 Å². The molecule has 6 heteroatoms. The molecule has 0 fully saturated rings. The summed E-state index contributed by atoms with van der Waals surface area (Å²) in [7, 11) is 0. The monoisotopic (exact) mass is 470 g/mol. The van der Waals surface area contributed by atoms with Crippen LogP contribution in [0.5, 0.6) is 0 Å². The SMILES string of the molecule is CCCN(CCC)c1ccc(C=NNC(=O)CNC(=O)C(c2ccccc2)c2ccccc2)cc1. The third kappa shape index (κ3) is 7.81. The standard InChI is InChI=1S/C29H34N4O2/c1-3-19-33(20-4-2)26-17-15-23(16-18-26)21-31-32-27(34)22-30-29(35)28(24-11-7-5-8-12-24)25-13-9-6-10-14-25/h5-18,21,28H,3-4,19-20,22H2,1-2H3,(H,30,35)(H,32,34). The lowest BCUT2D eigenvalue weighted by molar-refractivity contribution is -0.126. The molecule has 35 heavy (non-hydrogen) atoms. The zero-order valence-corrected chi connectivity index (χ0v) is 20.5. The van der Waals surface area contributed by atoms with E-state index in [2.05, 4.69) is 46.7 Å². The van der Waals surface area contributed by atoms with Gasteiger partial charge in [-0.2, -0.15) is 5.10 Å². The van der Waals surface area contributed by atoms with Crippen LogP contribution >= 0.6 is 0 Å². The molecule has 0 atom stereocenters. The molecule has 182 valence electrons. The Balaban J connectivity index is 1.54. The van der Waals surface area contributed by atoms with Gasteiger partial charge in [0.15, 0.2) is 0 Å². The molecule has 3 aromatic carbocycles. The second kappa shape index (κ2) is 13.7. The Labute approximate surface area is 208 Å². The average molecular weight is 471 g/mol. The van der Waals surface area contributed by atoms with Gasteiger partial charge in [0.05, 0.1) is 18.7 Å². The van der Waals surface area contributed by atoms with Gasteiger partial charge in [0.1, 0.15) is 0 Å². The van der Waals surface area contributed by atoms with Crippen molar-refractivity contribution in [1.82, 2.24) is 10.7 Å². The van der Waals surface area contributed by atoms with Crippen LogP contribution in [0.2, 0.25) is 0 Å². The van der Waals surface area contributed by atoms with Crippen molar-refractivity contribution < 1.29 is 9.59 Å². The number of carbonyl (C=O) groups is 2. The van der Waals surface area contributed by atoms with Crippen molar-refractivity contribution in [2.24, 2.45) is 5.10 Å². The average Bonchev–Trinajstić information content (AvgIpc) is 2.89. The maximum atomic E-state index is 13.0. The van der Waals surface area contributed by atoms with Gasteiger partial charge in [-0.3, -0.25) is 9.59 Å². The first-order valence-electron chi connectivity index (χ1n) is 12.2. The highest BCUT2D eigenvalue weighted by Gasteiger charge is 2.22. The lowest BCUT2D eigenvalue weighted by Gasteiger charge is -2.23. The van der Waals surface area contributed by atoms with Crippen LogP contribution in [-0.4, -0.2) is 37.7 Å². The molecule has 0 aliphatic heterocycles. The van der Waals surface area contributed by atoms with Gasteiger partial charge >= 0.3 is 0 Å². The first-order valence-corrected chi connectivity index (χ1v) is 12.2. The third-order valence-electron chi connectivity index (χ3n) is 5.60.